The molecule has 2 aromatic rings. The predicted molar refractivity (Wildman–Crippen MR) is 108 cm³/mol. The summed E-state index contributed by atoms with van der Waals surface area (Å²) < 4.78 is 20.0. The van der Waals surface area contributed by atoms with Crippen LogP contribution in [0.25, 0.3) is 0 Å². The summed E-state index contributed by atoms with van der Waals surface area (Å²) in [7, 11) is 3.17. The van der Waals surface area contributed by atoms with Gasteiger partial charge in [-0.05, 0) is 63.2 Å². The molecule has 0 aliphatic carbocycles. The molecule has 6 nitrogen and oxygen atoms in total. The monoisotopic (exact) mass is 384 g/mol. The summed E-state index contributed by atoms with van der Waals surface area (Å²) in [6, 6.07) is 12.1. The molecule has 0 radical (unpaired) electrons. The quantitative estimate of drug-likeness (QED) is 0.844. The highest BCUT2D eigenvalue weighted by Crippen LogP contribution is 2.47. The molecule has 0 saturated carbocycles. The van der Waals surface area contributed by atoms with Crippen molar-refractivity contribution in [2.45, 2.75) is 26.3 Å². The third kappa shape index (κ3) is 3.06. The first kappa shape index (κ1) is 19.7. The van der Waals surface area contributed by atoms with Crippen molar-refractivity contribution in [2.75, 3.05) is 19.5 Å². The molecule has 3 N–H and O–H groups in total. The summed E-state index contributed by atoms with van der Waals surface area (Å²) in [5.41, 5.74) is 5.62. The zero-order valence-electron chi connectivity index (χ0n) is 16.7. The Kier molecular flexibility index (Phi) is 4.79. The minimum absolute atomic E-state index is 0.0692. The zero-order chi connectivity index (χ0) is 20.7. The standard InChI is InChI=1S/C21H25FN4O2/c1-20(2)18(27)26(4)19(23)25-21(20,3)16-12-14(8-11-17(16)22)24-13-6-9-15(28-5)10-7-13/h6-12,24H,1-5H3,(H2,23,25)/t21-/m1/s1. The van der Waals surface area contributed by atoms with Gasteiger partial charge in [0.05, 0.1) is 12.5 Å². The second-order valence-corrected chi connectivity index (χ2v) is 7.58. The van der Waals surface area contributed by atoms with Gasteiger partial charge in [0.15, 0.2) is 5.96 Å². The smallest absolute Gasteiger partial charge is 0.237 e. The number of anilines is 2. The number of halogens is 1. The second-order valence-electron chi connectivity index (χ2n) is 7.58. The number of ether oxygens (including phenoxy) is 1. The van der Waals surface area contributed by atoms with Crippen molar-refractivity contribution in [3.8, 4) is 5.75 Å². The Hall–Kier alpha value is -3.09. The van der Waals surface area contributed by atoms with Gasteiger partial charge >= 0.3 is 0 Å². The Morgan fingerprint density at radius 3 is 2.32 bits per heavy atom. The predicted octanol–water partition coefficient (Wildman–Crippen LogP) is 3.61. The normalized spacial score (nSPS) is 21.3. The van der Waals surface area contributed by atoms with Gasteiger partial charge in [-0.25, -0.2) is 9.38 Å². The van der Waals surface area contributed by atoms with E-state index >= 15 is 0 Å². The maximum atomic E-state index is 14.9. The summed E-state index contributed by atoms with van der Waals surface area (Å²) in [6.45, 7) is 5.25. The van der Waals surface area contributed by atoms with E-state index in [0.717, 1.165) is 11.4 Å². The fraction of sp³-hybridized carbons (Fsp3) is 0.333. The first-order valence-electron chi connectivity index (χ1n) is 8.95. The number of hydrogen-bond donors (Lipinski definition) is 2. The van der Waals surface area contributed by atoms with Crippen LogP contribution in [0.3, 0.4) is 0 Å². The molecule has 0 saturated heterocycles. The third-order valence-electron chi connectivity index (χ3n) is 5.61. The van der Waals surface area contributed by atoms with Gasteiger partial charge in [0.2, 0.25) is 5.91 Å². The van der Waals surface area contributed by atoms with Crippen molar-refractivity contribution in [3.63, 3.8) is 0 Å². The molecule has 1 aliphatic heterocycles. The molecule has 0 aromatic heterocycles. The molecule has 2 aromatic carbocycles. The van der Waals surface area contributed by atoms with Crippen molar-refractivity contribution in [1.29, 1.82) is 0 Å². The lowest BCUT2D eigenvalue weighted by Gasteiger charge is -2.46. The lowest BCUT2D eigenvalue weighted by atomic mass is 9.67. The fourth-order valence-electron chi connectivity index (χ4n) is 3.39. The summed E-state index contributed by atoms with van der Waals surface area (Å²) in [4.78, 5) is 18.6. The number of nitrogens with two attached hydrogens (primary N) is 1. The molecule has 0 spiro atoms. The molecule has 0 bridgehead atoms. The first-order valence-corrected chi connectivity index (χ1v) is 8.95. The number of nitrogens with one attached hydrogen (secondary N) is 1. The number of methoxy groups -OCH3 is 1. The summed E-state index contributed by atoms with van der Waals surface area (Å²) >= 11 is 0. The molecule has 0 fully saturated rings. The largest absolute Gasteiger partial charge is 0.497 e. The highest BCUT2D eigenvalue weighted by atomic mass is 19.1. The zero-order valence-corrected chi connectivity index (χ0v) is 16.7. The van der Waals surface area contributed by atoms with Crippen LogP contribution >= 0.6 is 0 Å². The van der Waals surface area contributed by atoms with E-state index < -0.39 is 16.8 Å². The number of hydrogen-bond acceptors (Lipinski definition) is 5. The fourth-order valence-corrected chi connectivity index (χ4v) is 3.39. The highest BCUT2D eigenvalue weighted by Gasteiger charge is 2.53. The van der Waals surface area contributed by atoms with Crippen LogP contribution in [-0.2, 0) is 10.3 Å². The maximum absolute atomic E-state index is 14.9. The number of nitrogens with zero attached hydrogens (tertiary/aromatic N) is 2. The third-order valence-corrected chi connectivity index (χ3v) is 5.61. The number of carbonyl (C=O) groups excluding carboxylic acids is 1. The van der Waals surface area contributed by atoms with Gasteiger partial charge in [-0.1, -0.05) is 0 Å². The minimum atomic E-state index is -1.15. The number of amides is 1. The van der Waals surface area contributed by atoms with Crippen LogP contribution in [0.5, 0.6) is 5.75 Å². The molecule has 148 valence electrons. The van der Waals surface area contributed by atoms with Crippen LogP contribution in [0.4, 0.5) is 15.8 Å². The van der Waals surface area contributed by atoms with E-state index in [9.17, 15) is 9.18 Å². The van der Waals surface area contributed by atoms with Gasteiger partial charge < -0.3 is 15.8 Å². The van der Waals surface area contributed by atoms with Crippen LogP contribution in [0, 0.1) is 11.2 Å². The number of guanidine groups is 1. The molecule has 1 heterocycles. The molecular formula is C21H25FN4O2. The first-order chi connectivity index (χ1) is 13.1. The van der Waals surface area contributed by atoms with Crippen LogP contribution in [0.1, 0.15) is 26.3 Å². The summed E-state index contributed by atoms with van der Waals surface area (Å²) in [5.74, 6) is 0.161. The molecular weight excluding hydrogens is 359 g/mol. The van der Waals surface area contributed by atoms with E-state index in [1.165, 1.54) is 11.0 Å². The molecule has 1 atom stereocenters. The van der Waals surface area contributed by atoms with Crippen molar-refractivity contribution >= 4 is 23.2 Å². The molecule has 28 heavy (non-hydrogen) atoms. The van der Waals surface area contributed by atoms with Crippen molar-refractivity contribution in [3.05, 3.63) is 53.8 Å². The van der Waals surface area contributed by atoms with E-state index in [2.05, 4.69) is 10.3 Å². The van der Waals surface area contributed by atoms with Gasteiger partial charge in [-0.15, -0.1) is 0 Å². The molecule has 1 aliphatic rings. The highest BCUT2D eigenvalue weighted by molar-refractivity contribution is 6.01. The van der Waals surface area contributed by atoms with Gasteiger partial charge in [0, 0.05) is 24.0 Å². The van der Waals surface area contributed by atoms with Crippen LogP contribution in [-0.4, -0.2) is 30.9 Å². The van der Waals surface area contributed by atoms with Crippen molar-refractivity contribution in [2.24, 2.45) is 16.1 Å². The Morgan fingerprint density at radius 2 is 1.71 bits per heavy atom. The summed E-state index contributed by atoms with van der Waals surface area (Å²) in [6.07, 6.45) is 0. The lowest BCUT2D eigenvalue weighted by Crippen LogP contribution is -2.58. The summed E-state index contributed by atoms with van der Waals surface area (Å²) in [5, 5.41) is 3.24. The molecule has 0 unspecified atom stereocenters. The van der Waals surface area contributed by atoms with Gasteiger partial charge in [0.1, 0.15) is 17.1 Å². The Balaban J connectivity index is 2.04. The molecule has 3 rings (SSSR count). The Morgan fingerprint density at radius 1 is 1.11 bits per heavy atom. The number of carbonyl (C=O) groups is 1. The van der Waals surface area contributed by atoms with Crippen LogP contribution in [0.2, 0.25) is 0 Å². The second kappa shape index (κ2) is 6.82. The minimum Gasteiger partial charge on any atom is -0.497 e. The topological polar surface area (TPSA) is 80.0 Å². The Labute approximate surface area is 164 Å². The number of aliphatic imine (C=N–C) groups is 1. The van der Waals surface area contributed by atoms with Gasteiger partial charge in [0.25, 0.3) is 0 Å². The molecule has 1 amide bonds. The number of rotatable bonds is 4. The van der Waals surface area contributed by atoms with Crippen molar-refractivity contribution in [1.82, 2.24) is 4.90 Å². The SMILES string of the molecule is COc1ccc(Nc2ccc(F)c([C@@]3(C)N=C(N)N(C)C(=O)C3(C)C)c2)cc1. The van der Waals surface area contributed by atoms with Crippen molar-refractivity contribution < 1.29 is 13.9 Å². The van der Waals surface area contributed by atoms with E-state index in [1.807, 2.05) is 24.3 Å². The molecule has 7 heteroatoms. The number of benzene rings is 2. The lowest BCUT2D eigenvalue weighted by molar-refractivity contribution is -0.140. The van der Waals surface area contributed by atoms with E-state index in [4.69, 9.17) is 10.5 Å². The van der Waals surface area contributed by atoms with Gasteiger partial charge in [-0.2, -0.15) is 0 Å². The van der Waals surface area contributed by atoms with Gasteiger partial charge in [-0.3, -0.25) is 9.69 Å². The van der Waals surface area contributed by atoms with E-state index in [0.29, 0.717) is 11.3 Å². The Bertz CT molecular complexity index is 940. The van der Waals surface area contributed by atoms with E-state index in [-0.39, 0.29) is 11.9 Å². The van der Waals surface area contributed by atoms with E-state index in [1.54, 1.807) is 47.1 Å². The van der Waals surface area contributed by atoms with Crippen LogP contribution in [0.15, 0.2) is 47.5 Å². The average Bonchev–Trinajstić information content (AvgIpc) is 2.67. The van der Waals surface area contributed by atoms with Crippen LogP contribution < -0.4 is 15.8 Å². The maximum Gasteiger partial charge on any atom is 0.237 e. The average molecular weight is 384 g/mol.